The zero-order chi connectivity index (χ0) is 14.4. The molecule has 4 heteroatoms. The Hall–Kier alpha value is -1.16. The number of rotatable bonds is 0. The highest BCUT2D eigenvalue weighted by Gasteiger charge is 2.36. The highest BCUT2D eigenvalue weighted by molar-refractivity contribution is 7.10. The highest BCUT2D eigenvalue weighted by atomic mass is 32.1. The van der Waals surface area contributed by atoms with E-state index in [1.807, 2.05) is 16.5 Å². The zero-order valence-electron chi connectivity index (χ0n) is 12.6. The maximum atomic E-state index is 12.8. The first kappa shape index (κ1) is 14.3. The molecule has 0 bridgehead atoms. The number of nitrogens with zero attached hydrogens (tertiary/aromatic N) is 2. The summed E-state index contributed by atoms with van der Waals surface area (Å²) in [7, 11) is 0. The summed E-state index contributed by atoms with van der Waals surface area (Å²) in [5.41, 5.74) is 3.37. The van der Waals surface area contributed by atoms with Crippen molar-refractivity contribution in [1.29, 1.82) is 0 Å². The van der Waals surface area contributed by atoms with Crippen molar-refractivity contribution in [1.82, 2.24) is 9.88 Å². The van der Waals surface area contributed by atoms with Crippen LogP contribution < -0.4 is 0 Å². The van der Waals surface area contributed by atoms with Crippen molar-refractivity contribution in [2.24, 2.45) is 5.41 Å². The van der Waals surface area contributed by atoms with E-state index >= 15 is 0 Å². The van der Waals surface area contributed by atoms with Gasteiger partial charge < -0.3 is 4.90 Å². The molecule has 19 heavy (non-hydrogen) atoms. The largest absolute Gasteiger partial charge is 0.328 e. The summed E-state index contributed by atoms with van der Waals surface area (Å²) in [5.74, 6) is 0.130. The first-order valence-electron chi connectivity index (χ1n) is 6.57. The van der Waals surface area contributed by atoms with Gasteiger partial charge in [0.25, 0.3) is 5.91 Å². The average Bonchev–Trinajstić information content (AvgIpc) is 2.60. The Bertz CT molecular complexity index is 529. The Morgan fingerprint density at radius 3 is 2.37 bits per heavy atom. The van der Waals surface area contributed by atoms with Gasteiger partial charge in [0.1, 0.15) is 0 Å². The predicted octanol–water partition coefficient (Wildman–Crippen LogP) is 3.71. The molecular formula is C15H22N2OS. The number of carbonyl (C=O) groups excluding carboxylic acids is 1. The average molecular weight is 278 g/mol. The van der Waals surface area contributed by atoms with Crippen LogP contribution in [-0.2, 0) is 11.3 Å². The second kappa shape index (κ2) is 4.44. The molecule has 0 N–H and O–H groups in total. The zero-order valence-corrected chi connectivity index (χ0v) is 13.4. The Kier molecular flexibility index (Phi) is 3.33. The van der Waals surface area contributed by atoms with Gasteiger partial charge in [0, 0.05) is 11.1 Å². The maximum absolute atomic E-state index is 12.8. The Balaban J connectivity index is 2.57. The van der Waals surface area contributed by atoms with Crippen LogP contribution in [0.25, 0.3) is 6.08 Å². The fourth-order valence-electron chi connectivity index (χ4n) is 2.15. The van der Waals surface area contributed by atoms with Gasteiger partial charge in [-0.25, -0.2) is 4.98 Å². The summed E-state index contributed by atoms with van der Waals surface area (Å²) in [5, 5.41) is 0. The molecule has 1 aromatic rings. The van der Waals surface area contributed by atoms with Crippen LogP contribution in [0, 0.1) is 5.41 Å². The summed E-state index contributed by atoms with van der Waals surface area (Å²) >= 11 is 1.61. The van der Waals surface area contributed by atoms with Gasteiger partial charge in [0.15, 0.2) is 0 Å². The lowest BCUT2D eigenvalue weighted by molar-refractivity contribution is -0.133. The smallest absolute Gasteiger partial charge is 0.251 e. The summed E-state index contributed by atoms with van der Waals surface area (Å²) in [6.07, 6.45) is 2.03. The lowest BCUT2D eigenvalue weighted by Gasteiger charge is -2.37. The molecule has 0 atom stereocenters. The van der Waals surface area contributed by atoms with Crippen LogP contribution in [0.1, 0.15) is 52.1 Å². The molecule has 3 nitrogen and oxygen atoms in total. The van der Waals surface area contributed by atoms with E-state index in [9.17, 15) is 4.79 Å². The third-order valence-corrected chi connectivity index (χ3v) is 4.17. The molecule has 0 unspecified atom stereocenters. The first-order chi connectivity index (χ1) is 8.60. The van der Waals surface area contributed by atoms with E-state index in [0.29, 0.717) is 6.54 Å². The molecule has 2 heterocycles. The molecule has 1 aliphatic heterocycles. The molecule has 1 aliphatic rings. The van der Waals surface area contributed by atoms with E-state index in [1.165, 1.54) is 0 Å². The number of fused-ring (bicyclic) bond motifs is 1. The lowest BCUT2D eigenvalue weighted by Crippen LogP contribution is -2.46. The standard InChI is InChI=1S/C15H22N2OS/c1-14(2,3)10-7-12-11(16-9-19-12)8-17(13(10)18)15(4,5)6/h7,9H,8H2,1-6H3. The van der Waals surface area contributed by atoms with Gasteiger partial charge in [-0.3, -0.25) is 4.79 Å². The highest BCUT2D eigenvalue weighted by Crippen LogP contribution is 2.36. The van der Waals surface area contributed by atoms with Gasteiger partial charge in [-0.2, -0.15) is 0 Å². The number of carbonyl (C=O) groups is 1. The van der Waals surface area contributed by atoms with Crippen LogP contribution in [0.2, 0.25) is 0 Å². The maximum Gasteiger partial charge on any atom is 0.251 e. The van der Waals surface area contributed by atoms with Crippen LogP contribution in [0.5, 0.6) is 0 Å². The van der Waals surface area contributed by atoms with Crippen LogP contribution in [0.4, 0.5) is 0 Å². The number of amides is 1. The number of thiazole rings is 1. The first-order valence-corrected chi connectivity index (χ1v) is 7.45. The molecule has 1 amide bonds. The lowest BCUT2D eigenvalue weighted by atomic mass is 9.84. The number of hydrogen-bond acceptors (Lipinski definition) is 3. The Labute approximate surface area is 119 Å². The van der Waals surface area contributed by atoms with Gasteiger partial charge in [0.2, 0.25) is 0 Å². The van der Waals surface area contributed by atoms with E-state index in [0.717, 1.165) is 16.1 Å². The van der Waals surface area contributed by atoms with Gasteiger partial charge in [-0.1, -0.05) is 20.8 Å². The quantitative estimate of drug-likeness (QED) is 0.724. The van der Waals surface area contributed by atoms with E-state index < -0.39 is 0 Å². The molecule has 0 radical (unpaired) electrons. The fourth-order valence-corrected chi connectivity index (χ4v) is 2.89. The normalized spacial score (nSPS) is 17.1. The van der Waals surface area contributed by atoms with E-state index in [4.69, 9.17) is 0 Å². The molecule has 2 rings (SSSR count). The minimum atomic E-state index is -0.202. The predicted molar refractivity (Wildman–Crippen MR) is 79.8 cm³/mol. The molecule has 0 fully saturated rings. The molecule has 1 aromatic heterocycles. The van der Waals surface area contributed by atoms with E-state index in [2.05, 4.69) is 46.5 Å². The summed E-state index contributed by atoms with van der Waals surface area (Å²) in [6, 6.07) is 0. The molecule has 0 saturated carbocycles. The van der Waals surface area contributed by atoms with Crippen molar-refractivity contribution in [3.8, 4) is 0 Å². The molecule has 104 valence electrons. The van der Waals surface area contributed by atoms with Crippen molar-refractivity contribution in [2.75, 3.05) is 0 Å². The van der Waals surface area contributed by atoms with Crippen LogP contribution >= 0.6 is 11.3 Å². The third kappa shape index (κ3) is 2.73. The topological polar surface area (TPSA) is 33.2 Å². The van der Waals surface area contributed by atoms with Crippen LogP contribution in [0.3, 0.4) is 0 Å². The van der Waals surface area contributed by atoms with Crippen molar-refractivity contribution in [3.05, 3.63) is 21.7 Å². The number of hydrogen-bond donors (Lipinski definition) is 0. The monoisotopic (exact) mass is 278 g/mol. The molecule has 0 spiro atoms. The second-order valence-corrected chi connectivity index (χ2v) is 7.92. The third-order valence-electron chi connectivity index (χ3n) is 3.35. The van der Waals surface area contributed by atoms with Gasteiger partial charge in [0.05, 0.1) is 22.6 Å². The fraction of sp³-hybridized carbons (Fsp3) is 0.600. The van der Waals surface area contributed by atoms with Crippen LogP contribution in [-0.4, -0.2) is 21.3 Å². The van der Waals surface area contributed by atoms with Gasteiger partial charge in [-0.05, 0) is 32.3 Å². The SMILES string of the molecule is CC(C)(C)C1=Cc2scnc2CN(C(C)(C)C)C1=O. The molecule has 0 saturated heterocycles. The van der Waals surface area contributed by atoms with Gasteiger partial charge in [-0.15, -0.1) is 11.3 Å². The van der Waals surface area contributed by atoms with E-state index in [1.54, 1.807) is 11.3 Å². The molecule has 0 aromatic carbocycles. The Morgan fingerprint density at radius 1 is 1.21 bits per heavy atom. The number of aromatic nitrogens is 1. The minimum absolute atomic E-state index is 0.130. The summed E-state index contributed by atoms with van der Waals surface area (Å²) in [6.45, 7) is 13.1. The van der Waals surface area contributed by atoms with Crippen molar-refractivity contribution in [2.45, 2.75) is 53.6 Å². The molecule has 0 aliphatic carbocycles. The molecular weight excluding hydrogens is 256 g/mol. The second-order valence-electron chi connectivity index (χ2n) is 7.03. The Morgan fingerprint density at radius 2 is 1.84 bits per heavy atom. The van der Waals surface area contributed by atoms with Crippen molar-refractivity contribution >= 4 is 23.3 Å². The van der Waals surface area contributed by atoms with E-state index in [-0.39, 0.29) is 16.9 Å². The summed E-state index contributed by atoms with van der Waals surface area (Å²) < 4.78 is 0. The van der Waals surface area contributed by atoms with Crippen LogP contribution in [0.15, 0.2) is 11.1 Å². The van der Waals surface area contributed by atoms with Gasteiger partial charge >= 0.3 is 0 Å². The van der Waals surface area contributed by atoms with Crippen molar-refractivity contribution < 1.29 is 4.79 Å². The minimum Gasteiger partial charge on any atom is -0.328 e. The van der Waals surface area contributed by atoms with Crippen molar-refractivity contribution in [3.63, 3.8) is 0 Å². The summed E-state index contributed by atoms with van der Waals surface area (Å²) in [4.78, 5) is 20.3.